The summed E-state index contributed by atoms with van der Waals surface area (Å²) >= 11 is 0. The van der Waals surface area contributed by atoms with Crippen LogP contribution >= 0.6 is 0 Å². The Morgan fingerprint density at radius 3 is 2.66 bits per heavy atom. The zero-order valence-electron chi connectivity index (χ0n) is 19.9. The minimum Gasteiger partial charge on any atom is -0.493 e. The minimum atomic E-state index is -0.422. The van der Waals surface area contributed by atoms with Crippen molar-refractivity contribution in [2.24, 2.45) is 0 Å². The van der Waals surface area contributed by atoms with E-state index in [2.05, 4.69) is 16.3 Å². The van der Waals surface area contributed by atoms with Gasteiger partial charge >= 0.3 is 0 Å². The van der Waals surface area contributed by atoms with Crippen molar-refractivity contribution in [2.45, 2.75) is 6.42 Å². The lowest BCUT2D eigenvalue weighted by Gasteiger charge is -2.29. The highest BCUT2D eigenvalue weighted by Gasteiger charge is 2.18. The molecule has 2 heterocycles. The second-order valence-corrected chi connectivity index (χ2v) is 8.06. The summed E-state index contributed by atoms with van der Waals surface area (Å²) in [7, 11) is 3.17. The topological polar surface area (TPSA) is 96.7 Å². The molecular formula is C27H28N4O4. The van der Waals surface area contributed by atoms with Crippen molar-refractivity contribution in [3.8, 4) is 17.6 Å². The molecule has 1 aliphatic heterocycles. The lowest BCUT2D eigenvalue weighted by Crippen LogP contribution is -2.37. The molecule has 180 valence electrons. The van der Waals surface area contributed by atoms with Crippen molar-refractivity contribution in [1.82, 2.24) is 10.3 Å². The van der Waals surface area contributed by atoms with Crippen LogP contribution in [0.1, 0.15) is 11.1 Å². The fourth-order valence-corrected chi connectivity index (χ4v) is 4.01. The first kappa shape index (κ1) is 24.0. The van der Waals surface area contributed by atoms with Crippen molar-refractivity contribution < 1.29 is 19.0 Å². The number of pyridine rings is 1. The first-order valence-electron chi connectivity index (χ1n) is 11.5. The molecule has 0 aliphatic carbocycles. The lowest BCUT2D eigenvalue weighted by atomic mass is 10.1. The molecule has 0 bridgehead atoms. The first-order valence-corrected chi connectivity index (χ1v) is 11.5. The smallest absolute Gasteiger partial charge is 0.261 e. The fraction of sp³-hybridized carbons (Fsp3) is 0.296. The number of carbonyl (C=O) groups is 1. The zero-order valence-corrected chi connectivity index (χ0v) is 19.9. The van der Waals surface area contributed by atoms with Crippen LogP contribution in [0.4, 0.5) is 5.82 Å². The Balaban J connectivity index is 1.53. The van der Waals surface area contributed by atoms with Gasteiger partial charge in [0, 0.05) is 30.6 Å². The van der Waals surface area contributed by atoms with Crippen LogP contribution in [0.5, 0.6) is 11.5 Å². The number of hydrogen-bond acceptors (Lipinski definition) is 7. The predicted octanol–water partition coefficient (Wildman–Crippen LogP) is 3.35. The van der Waals surface area contributed by atoms with E-state index in [1.165, 1.54) is 0 Å². The molecule has 35 heavy (non-hydrogen) atoms. The zero-order chi connectivity index (χ0) is 24.6. The van der Waals surface area contributed by atoms with Crippen LogP contribution in [-0.2, 0) is 16.0 Å². The summed E-state index contributed by atoms with van der Waals surface area (Å²) < 4.78 is 16.1. The van der Waals surface area contributed by atoms with Crippen molar-refractivity contribution >= 4 is 28.7 Å². The van der Waals surface area contributed by atoms with E-state index in [0.717, 1.165) is 27.8 Å². The number of anilines is 1. The molecule has 8 nitrogen and oxygen atoms in total. The second-order valence-electron chi connectivity index (χ2n) is 8.06. The summed E-state index contributed by atoms with van der Waals surface area (Å²) in [6.45, 7) is 3.00. The molecule has 1 N–H and O–H groups in total. The van der Waals surface area contributed by atoms with Gasteiger partial charge in [0.05, 0.1) is 33.0 Å². The summed E-state index contributed by atoms with van der Waals surface area (Å²) in [4.78, 5) is 19.8. The van der Waals surface area contributed by atoms with E-state index < -0.39 is 5.91 Å². The third-order valence-corrected chi connectivity index (χ3v) is 5.86. The van der Waals surface area contributed by atoms with Gasteiger partial charge in [-0.25, -0.2) is 4.98 Å². The third kappa shape index (κ3) is 5.70. The average Bonchev–Trinajstić information content (AvgIpc) is 2.91. The molecule has 0 radical (unpaired) electrons. The van der Waals surface area contributed by atoms with Crippen LogP contribution in [0.15, 0.2) is 54.1 Å². The highest BCUT2D eigenvalue weighted by Crippen LogP contribution is 2.28. The number of nitriles is 1. The number of morpholine rings is 1. The maximum Gasteiger partial charge on any atom is 0.261 e. The predicted molar refractivity (Wildman–Crippen MR) is 135 cm³/mol. The van der Waals surface area contributed by atoms with Crippen LogP contribution in [0.2, 0.25) is 0 Å². The van der Waals surface area contributed by atoms with E-state index in [4.69, 9.17) is 19.2 Å². The number of nitrogens with zero attached hydrogens (tertiary/aromatic N) is 3. The molecule has 0 saturated carbocycles. The summed E-state index contributed by atoms with van der Waals surface area (Å²) in [5, 5.41) is 13.5. The molecule has 8 heteroatoms. The lowest BCUT2D eigenvalue weighted by molar-refractivity contribution is -0.117. The van der Waals surface area contributed by atoms with Gasteiger partial charge in [-0.1, -0.05) is 24.3 Å². The van der Waals surface area contributed by atoms with Crippen LogP contribution in [0.3, 0.4) is 0 Å². The van der Waals surface area contributed by atoms with Gasteiger partial charge < -0.3 is 24.4 Å². The van der Waals surface area contributed by atoms with E-state index in [9.17, 15) is 10.1 Å². The van der Waals surface area contributed by atoms with Crippen molar-refractivity contribution in [3.63, 3.8) is 0 Å². The number of nitrogens with one attached hydrogen (secondary N) is 1. The Labute approximate surface area is 204 Å². The summed E-state index contributed by atoms with van der Waals surface area (Å²) in [5.74, 6) is 1.61. The van der Waals surface area contributed by atoms with Crippen LogP contribution in [0, 0.1) is 11.3 Å². The molecule has 1 fully saturated rings. The Morgan fingerprint density at radius 1 is 1.14 bits per heavy atom. The van der Waals surface area contributed by atoms with Crippen LogP contribution in [-0.4, -0.2) is 58.0 Å². The molecule has 1 aromatic heterocycles. The summed E-state index contributed by atoms with van der Waals surface area (Å²) in [6.07, 6.45) is 2.21. The summed E-state index contributed by atoms with van der Waals surface area (Å²) in [5.41, 5.74) is 2.61. The Hall–Kier alpha value is -4.09. The number of amides is 1. The van der Waals surface area contributed by atoms with Gasteiger partial charge in [-0.3, -0.25) is 4.79 Å². The minimum absolute atomic E-state index is 0.0314. The fourth-order valence-electron chi connectivity index (χ4n) is 4.01. The number of aromatic nitrogens is 1. The second kappa shape index (κ2) is 11.4. The molecule has 1 saturated heterocycles. The number of methoxy groups -OCH3 is 2. The Kier molecular flexibility index (Phi) is 7.81. The number of benzene rings is 2. The van der Waals surface area contributed by atoms with Crippen LogP contribution in [0.25, 0.3) is 17.0 Å². The monoisotopic (exact) mass is 472 g/mol. The molecule has 0 spiro atoms. The number of ether oxygens (including phenoxy) is 3. The Morgan fingerprint density at radius 2 is 1.91 bits per heavy atom. The third-order valence-electron chi connectivity index (χ3n) is 5.86. The standard InChI is InChI=1S/C27H28N4O4/c1-33-24-8-7-19(15-25(24)34-2)9-10-29-27(32)22(18-28)17-21-16-20-5-3-4-6-23(20)30-26(21)31-11-13-35-14-12-31/h3-8,15-17H,9-14H2,1-2H3,(H,29,32). The quantitative estimate of drug-likeness (QED) is 0.397. The molecule has 3 aromatic rings. The maximum atomic E-state index is 12.8. The number of rotatable bonds is 8. The average molecular weight is 473 g/mol. The van der Waals surface area contributed by atoms with Gasteiger partial charge in [-0.15, -0.1) is 0 Å². The van der Waals surface area contributed by atoms with E-state index in [0.29, 0.717) is 50.8 Å². The highest BCUT2D eigenvalue weighted by atomic mass is 16.5. The van der Waals surface area contributed by atoms with Gasteiger partial charge in [0.15, 0.2) is 11.5 Å². The van der Waals surface area contributed by atoms with E-state index >= 15 is 0 Å². The van der Waals surface area contributed by atoms with Crippen LogP contribution < -0.4 is 19.7 Å². The number of hydrogen-bond donors (Lipinski definition) is 1. The number of fused-ring (bicyclic) bond motifs is 1. The molecular weight excluding hydrogens is 444 g/mol. The van der Waals surface area contributed by atoms with Crippen molar-refractivity contribution in [1.29, 1.82) is 5.26 Å². The normalized spacial score (nSPS) is 13.9. The molecule has 1 aliphatic rings. The van der Waals surface area contributed by atoms with E-state index in [-0.39, 0.29) is 5.57 Å². The first-order chi connectivity index (χ1) is 17.1. The van der Waals surface area contributed by atoms with Gasteiger partial charge in [-0.2, -0.15) is 5.26 Å². The van der Waals surface area contributed by atoms with Gasteiger partial charge in [0.2, 0.25) is 0 Å². The molecule has 2 aromatic carbocycles. The molecule has 4 rings (SSSR count). The number of carbonyl (C=O) groups excluding carboxylic acids is 1. The molecule has 1 amide bonds. The van der Waals surface area contributed by atoms with E-state index in [1.54, 1.807) is 20.3 Å². The van der Waals surface area contributed by atoms with Crippen molar-refractivity contribution in [3.05, 3.63) is 65.2 Å². The van der Waals surface area contributed by atoms with Gasteiger partial charge in [0.25, 0.3) is 5.91 Å². The SMILES string of the molecule is COc1ccc(CCNC(=O)C(C#N)=Cc2cc3ccccc3nc2N2CCOCC2)cc1OC. The van der Waals surface area contributed by atoms with Gasteiger partial charge in [0.1, 0.15) is 17.5 Å². The van der Waals surface area contributed by atoms with E-state index in [1.807, 2.05) is 48.5 Å². The number of para-hydroxylation sites is 1. The summed E-state index contributed by atoms with van der Waals surface area (Å²) in [6, 6.07) is 17.5. The van der Waals surface area contributed by atoms with Gasteiger partial charge in [-0.05, 0) is 42.3 Å². The molecule has 0 unspecified atom stereocenters. The maximum absolute atomic E-state index is 12.8. The highest BCUT2D eigenvalue weighted by molar-refractivity contribution is 6.02. The largest absolute Gasteiger partial charge is 0.493 e. The molecule has 0 atom stereocenters. The van der Waals surface area contributed by atoms with Crippen molar-refractivity contribution in [2.75, 3.05) is 52.0 Å². The Bertz CT molecular complexity index is 1280.